The molecular weight excluding hydrogens is 194 g/mol. The standard InChI is InChI=1S/C11H15NOS/c1-11(2,3)14-10(12-13)9-7-5-4-6-8-9/h4-8,13H,1-3H3. The Labute approximate surface area is 89.0 Å². The lowest BCUT2D eigenvalue weighted by atomic mass is 10.2. The molecule has 1 aromatic rings. The van der Waals surface area contributed by atoms with Gasteiger partial charge in [0.1, 0.15) is 5.04 Å². The third-order valence-electron chi connectivity index (χ3n) is 1.51. The molecule has 0 bridgehead atoms. The van der Waals surface area contributed by atoms with Crippen LogP contribution in [0.3, 0.4) is 0 Å². The first-order valence-corrected chi connectivity index (χ1v) is 5.31. The molecule has 0 saturated carbocycles. The van der Waals surface area contributed by atoms with E-state index in [1.807, 2.05) is 30.3 Å². The second-order valence-corrected chi connectivity index (χ2v) is 5.80. The molecule has 1 rings (SSSR count). The topological polar surface area (TPSA) is 32.6 Å². The highest BCUT2D eigenvalue weighted by molar-refractivity contribution is 8.15. The molecule has 0 fully saturated rings. The van der Waals surface area contributed by atoms with Gasteiger partial charge in [0.2, 0.25) is 0 Å². The molecule has 0 saturated heterocycles. The molecule has 0 radical (unpaired) electrons. The third-order valence-corrected chi connectivity index (χ3v) is 2.64. The van der Waals surface area contributed by atoms with E-state index in [4.69, 9.17) is 5.21 Å². The number of thioether (sulfide) groups is 1. The van der Waals surface area contributed by atoms with E-state index < -0.39 is 0 Å². The fourth-order valence-electron chi connectivity index (χ4n) is 1.01. The summed E-state index contributed by atoms with van der Waals surface area (Å²) in [5, 5.41) is 12.9. The third kappa shape index (κ3) is 3.42. The molecule has 1 aromatic carbocycles. The van der Waals surface area contributed by atoms with Crippen molar-refractivity contribution < 1.29 is 5.21 Å². The molecule has 0 aliphatic rings. The zero-order valence-electron chi connectivity index (χ0n) is 8.69. The first-order valence-electron chi connectivity index (χ1n) is 4.49. The number of benzene rings is 1. The Morgan fingerprint density at radius 1 is 1.21 bits per heavy atom. The summed E-state index contributed by atoms with van der Waals surface area (Å²) in [6, 6.07) is 9.69. The summed E-state index contributed by atoms with van der Waals surface area (Å²) in [5.74, 6) is 0. The van der Waals surface area contributed by atoms with Crippen molar-refractivity contribution in [2.45, 2.75) is 25.5 Å². The van der Waals surface area contributed by atoms with Crippen LogP contribution in [0.25, 0.3) is 0 Å². The van der Waals surface area contributed by atoms with Crippen molar-refractivity contribution in [1.29, 1.82) is 0 Å². The molecule has 0 aromatic heterocycles. The van der Waals surface area contributed by atoms with Crippen molar-refractivity contribution in [3.8, 4) is 0 Å². The van der Waals surface area contributed by atoms with Crippen LogP contribution in [0.15, 0.2) is 35.5 Å². The second kappa shape index (κ2) is 4.51. The average Bonchev–Trinajstić information content (AvgIpc) is 2.14. The van der Waals surface area contributed by atoms with E-state index in [0.29, 0.717) is 5.04 Å². The van der Waals surface area contributed by atoms with Crippen molar-refractivity contribution in [2.75, 3.05) is 0 Å². The maximum Gasteiger partial charge on any atom is 0.143 e. The predicted octanol–water partition coefficient (Wildman–Crippen LogP) is 3.35. The minimum Gasteiger partial charge on any atom is -0.410 e. The number of oxime groups is 1. The fourth-order valence-corrected chi connectivity index (χ4v) is 1.88. The zero-order chi connectivity index (χ0) is 10.6. The summed E-state index contributed by atoms with van der Waals surface area (Å²) in [6.07, 6.45) is 0. The largest absolute Gasteiger partial charge is 0.410 e. The molecule has 0 amide bonds. The SMILES string of the molecule is CC(C)(C)SC(=NO)c1ccccc1. The van der Waals surface area contributed by atoms with Gasteiger partial charge in [0.05, 0.1) is 0 Å². The number of rotatable bonds is 1. The zero-order valence-corrected chi connectivity index (χ0v) is 9.51. The molecule has 0 atom stereocenters. The maximum absolute atomic E-state index is 8.91. The number of nitrogens with zero attached hydrogens (tertiary/aromatic N) is 1. The smallest absolute Gasteiger partial charge is 0.143 e. The molecule has 1 N–H and O–H groups in total. The molecule has 0 aliphatic heterocycles. The van der Waals surface area contributed by atoms with Crippen LogP contribution < -0.4 is 0 Å². The van der Waals surface area contributed by atoms with E-state index in [-0.39, 0.29) is 4.75 Å². The van der Waals surface area contributed by atoms with Crippen LogP contribution in [0.4, 0.5) is 0 Å². The first kappa shape index (κ1) is 11.1. The van der Waals surface area contributed by atoms with Crippen molar-refractivity contribution in [3.05, 3.63) is 35.9 Å². The van der Waals surface area contributed by atoms with Gasteiger partial charge in [0, 0.05) is 10.3 Å². The van der Waals surface area contributed by atoms with Crippen LogP contribution in [0.5, 0.6) is 0 Å². The summed E-state index contributed by atoms with van der Waals surface area (Å²) in [5.41, 5.74) is 0.954. The van der Waals surface area contributed by atoms with Gasteiger partial charge in [0.25, 0.3) is 0 Å². The summed E-state index contributed by atoms with van der Waals surface area (Å²) >= 11 is 1.55. The molecule has 2 nitrogen and oxygen atoms in total. The van der Waals surface area contributed by atoms with E-state index in [0.717, 1.165) is 5.56 Å². The molecule has 0 aliphatic carbocycles. The first-order chi connectivity index (χ1) is 6.53. The van der Waals surface area contributed by atoms with Gasteiger partial charge in [-0.2, -0.15) is 0 Å². The van der Waals surface area contributed by atoms with Gasteiger partial charge in [-0.15, -0.1) is 0 Å². The normalized spacial score (nSPS) is 12.9. The Balaban J connectivity index is 2.85. The van der Waals surface area contributed by atoms with E-state index in [9.17, 15) is 0 Å². The predicted molar refractivity (Wildman–Crippen MR) is 62.1 cm³/mol. The Hall–Kier alpha value is -0.960. The molecule has 0 unspecified atom stereocenters. The van der Waals surface area contributed by atoms with Crippen molar-refractivity contribution >= 4 is 16.8 Å². The lowest BCUT2D eigenvalue weighted by Crippen LogP contribution is -2.12. The highest BCUT2D eigenvalue weighted by Gasteiger charge is 2.16. The van der Waals surface area contributed by atoms with E-state index >= 15 is 0 Å². The van der Waals surface area contributed by atoms with Gasteiger partial charge in [-0.05, 0) is 0 Å². The fraction of sp³-hybridized carbons (Fsp3) is 0.364. The van der Waals surface area contributed by atoms with Crippen molar-refractivity contribution in [2.24, 2.45) is 5.16 Å². The Morgan fingerprint density at radius 3 is 2.21 bits per heavy atom. The molecule has 3 heteroatoms. The monoisotopic (exact) mass is 209 g/mol. The molecule has 0 heterocycles. The quantitative estimate of drug-likeness (QED) is 0.333. The van der Waals surface area contributed by atoms with E-state index in [1.165, 1.54) is 0 Å². The maximum atomic E-state index is 8.91. The van der Waals surface area contributed by atoms with Crippen molar-refractivity contribution in [1.82, 2.24) is 0 Å². The van der Waals surface area contributed by atoms with Gasteiger partial charge in [0.15, 0.2) is 0 Å². The lowest BCUT2D eigenvalue weighted by Gasteiger charge is -2.17. The van der Waals surface area contributed by atoms with Gasteiger partial charge in [-0.25, -0.2) is 0 Å². The number of hydrogen-bond acceptors (Lipinski definition) is 3. The van der Waals surface area contributed by atoms with Crippen LogP contribution in [0.2, 0.25) is 0 Å². The summed E-state index contributed by atoms with van der Waals surface area (Å²) in [7, 11) is 0. The molecule has 14 heavy (non-hydrogen) atoms. The Kier molecular flexibility index (Phi) is 3.58. The van der Waals surface area contributed by atoms with Crippen LogP contribution in [-0.4, -0.2) is 15.0 Å². The summed E-state index contributed by atoms with van der Waals surface area (Å²) in [6.45, 7) is 6.27. The van der Waals surface area contributed by atoms with E-state index in [1.54, 1.807) is 11.8 Å². The Bertz CT molecular complexity index is 314. The highest BCUT2D eigenvalue weighted by Crippen LogP contribution is 2.27. The van der Waals surface area contributed by atoms with Crippen LogP contribution in [-0.2, 0) is 0 Å². The van der Waals surface area contributed by atoms with Crippen LogP contribution >= 0.6 is 11.8 Å². The highest BCUT2D eigenvalue weighted by atomic mass is 32.2. The molecule has 76 valence electrons. The van der Waals surface area contributed by atoms with Crippen LogP contribution in [0, 0.1) is 0 Å². The second-order valence-electron chi connectivity index (χ2n) is 3.99. The van der Waals surface area contributed by atoms with Gasteiger partial charge < -0.3 is 5.21 Å². The van der Waals surface area contributed by atoms with Crippen LogP contribution in [0.1, 0.15) is 26.3 Å². The summed E-state index contributed by atoms with van der Waals surface area (Å²) < 4.78 is 0.0530. The molecular formula is C11H15NOS. The summed E-state index contributed by atoms with van der Waals surface area (Å²) in [4.78, 5) is 0. The van der Waals surface area contributed by atoms with Gasteiger partial charge in [-0.3, -0.25) is 0 Å². The Morgan fingerprint density at radius 2 is 1.79 bits per heavy atom. The minimum atomic E-state index is 0.0530. The molecule has 0 spiro atoms. The van der Waals surface area contributed by atoms with Crippen molar-refractivity contribution in [3.63, 3.8) is 0 Å². The number of hydrogen-bond donors (Lipinski definition) is 1. The lowest BCUT2D eigenvalue weighted by molar-refractivity contribution is 0.321. The average molecular weight is 209 g/mol. The van der Waals surface area contributed by atoms with Gasteiger partial charge >= 0.3 is 0 Å². The van der Waals surface area contributed by atoms with Gasteiger partial charge in [-0.1, -0.05) is 68.0 Å². The minimum absolute atomic E-state index is 0.0530. The van der Waals surface area contributed by atoms with E-state index in [2.05, 4.69) is 25.9 Å².